The van der Waals surface area contributed by atoms with Crippen molar-refractivity contribution in [1.82, 2.24) is 9.55 Å². The van der Waals surface area contributed by atoms with Crippen molar-refractivity contribution in [3.8, 4) is 0 Å². The predicted molar refractivity (Wildman–Crippen MR) is 67.7 cm³/mol. The maximum absolute atomic E-state index is 6.18. The minimum atomic E-state index is -0.337. The zero-order chi connectivity index (χ0) is 12.5. The summed E-state index contributed by atoms with van der Waals surface area (Å²) in [6.07, 6.45) is 6.05. The van der Waals surface area contributed by atoms with E-state index in [4.69, 9.17) is 10.5 Å². The van der Waals surface area contributed by atoms with Gasteiger partial charge in [-0.3, -0.25) is 0 Å². The molecule has 0 bridgehead atoms. The van der Waals surface area contributed by atoms with E-state index in [1.165, 1.54) is 0 Å². The van der Waals surface area contributed by atoms with E-state index in [1.807, 2.05) is 26.4 Å². The molecule has 1 unspecified atom stereocenters. The summed E-state index contributed by atoms with van der Waals surface area (Å²) in [4.78, 5) is 4.26. The molecular weight excluding hydrogens is 214 g/mol. The van der Waals surface area contributed by atoms with Gasteiger partial charge in [0.2, 0.25) is 0 Å². The van der Waals surface area contributed by atoms with Crippen molar-refractivity contribution in [3.63, 3.8) is 0 Å². The van der Waals surface area contributed by atoms with Crippen molar-refractivity contribution in [3.05, 3.63) is 18.2 Å². The summed E-state index contributed by atoms with van der Waals surface area (Å²) in [6, 6.07) is 0.444. The Labute approximate surface area is 103 Å². The molecule has 2 N–H and O–H groups in total. The fraction of sp³-hybridized carbons (Fsp3) is 0.769. The van der Waals surface area contributed by atoms with Crippen LogP contribution in [-0.2, 0) is 10.3 Å². The zero-order valence-corrected chi connectivity index (χ0v) is 11.0. The molecule has 0 saturated carbocycles. The van der Waals surface area contributed by atoms with Gasteiger partial charge in [-0.25, -0.2) is 4.98 Å². The lowest BCUT2D eigenvalue weighted by Crippen LogP contribution is -2.34. The molecule has 1 aliphatic heterocycles. The normalized spacial score (nSPS) is 20.5. The molecule has 0 amide bonds. The quantitative estimate of drug-likeness (QED) is 0.875. The number of nitrogens with two attached hydrogens (primary N) is 1. The number of imidazole rings is 1. The Hall–Kier alpha value is -0.870. The average Bonchev–Trinajstić information content (AvgIpc) is 2.78. The lowest BCUT2D eigenvalue weighted by molar-refractivity contribution is 0.0506. The van der Waals surface area contributed by atoms with E-state index in [0.717, 1.165) is 31.7 Å². The summed E-state index contributed by atoms with van der Waals surface area (Å²) >= 11 is 0. The summed E-state index contributed by atoms with van der Waals surface area (Å²) in [5.74, 6) is 0.666. The van der Waals surface area contributed by atoms with Gasteiger partial charge in [-0.15, -0.1) is 0 Å². The SMILES string of the molecule is CC(C1CCOCC1)n1cncc1C(C)(C)N. The first-order valence-corrected chi connectivity index (χ1v) is 6.39. The van der Waals surface area contributed by atoms with Gasteiger partial charge >= 0.3 is 0 Å². The van der Waals surface area contributed by atoms with Gasteiger partial charge in [0, 0.05) is 25.5 Å². The van der Waals surface area contributed by atoms with E-state index in [2.05, 4.69) is 16.5 Å². The second-order valence-corrected chi connectivity index (χ2v) is 5.60. The number of nitrogens with zero attached hydrogens (tertiary/aromatic N) is 2. The number of hydrogen-bond acceptors (Lipinski definition) is 3. The Kier molecular flexibility index (Phi) is 3.54. The van der Waals surface area contributed by atoms with Crippen molar-refractivity contribution in [2.24, 2.45) is 11.7 Å². The van der Waals surface area contributed by atoms with Crippen LogP contribution in [0.5, 0.6) is 0 Å². The molecule has 4 heteroatoms. The fourth-order valence-corrected chi connectivity index (χ4v) is 2.55. The first kappa shape index (κ1) is 12.6. The van der Waals surface area contributed by atoms with Crippen LogP contribution in [0.25, 0.3) is 0 Å². The minimum absolute atomic E-state index is 0.337. The monoisotopic (exact) mass is 237 g/mol. The lowest BCUT2D eigenvalue weighted by atomic mass is 9.91. The Morgan fingerprint density at radius 1 is 1.47 bits per heavy atom. The van der Waals surface area contributed by atoms with E-state index in [1.54, 1.807) is 0 Å². The summed E-state index contributed by atoms with van der Waals surface area (Å²) in [7, 11) is 0. The Bertz CT molecular complexity index is 361. The largest absolute Gasteiger partial charge is 0.381 e. The van der Waals surface area contributed by atoms with Crippen LogP contribution in [0, 0.1) is 5.92 Å². The number of rotatable bonds is 3. The Morgan fingerprint density at radius 2 is 2.12 bits per heavy atom. The van der Waals surface area contributed by atoms with E-state index < -0.39 is 0 Å². The summed E-state index contributed by atoms with van der Waals surface area (Å²) in [6.45, 7) is 8.07. The molecule has 0 aromatic carbocycles. The van der Waals surface area contributed by atoms with Gasteiger partial charge in [-0.05, 0) is 39.5 Å². The van der Waals surface area contributed by atoms with Gasteiger partial charge < -0.3 is 15.0 Å². The van der Waals surface area contributed by atoms with Crippen LogP contribution in [-0.4, -0.2) is 22.8 Å². The topological polar surface area (TPSA) is 53.1 Å². The highest BCUT2D eigenvalue weighted by atomic mass is 16.5. The molecule has 1 aromatic heterocycles. The third kappa shape index (κ3) is 2.69. The van der Waals surface area contributed by atoms with Gasteiger partial charge in [0.25, 0.3) is 0 Å². The van der Waals surface area contributed by atoms with Crippen molar-refractivity contribution in [1.29, 1.82) is 0 Å². The van der Waals surface area contributed by atoms with E-state index in [0.29, 0.717) is 12.0 Å². The molecule has 2 rings (SSSR count). The minimum Gasteiger partial charge on any atom is -0.381 e. The van der Waals surface area contributed by atoms with Crippen molar-refractivity contribution < 1.29 is 4.74 Å². The molecule has 96 valence electrons. The van der Waals surface area contributed by atoms with Crippen LogP contribution in [0.15, 0.2) is 12.5 Å². The fourth-order valence-electron chi connectivity index (χ4n) is 2.55. The number of aromatic nitrogens is 2. The number of hydrogen-bond donors (Lipinski definition) is 1. The molecule has 2 heterocycles. The molecule has 0 spiro atoms. The molecule has 1 aromatic rings. The van der Waals surface area contributed by atoms with Crippen LogP contribution in [0.4, 0.5) is 0 Å². The maximum atomic E-state index is 6.18. The lowest BCUT2D eigenvalue weighted by Gasteiger charge is -2.32. The van der Waals surface area contributed by atoms with E-state index >= 15 is 0 Å². The Balaban J connectivity index is 2.18. The molecule has 1 saturated heterocycles. The molecule has 1 fully saturated rings. The average molecular weight is 237 g/mol. The second-order valence-electron chi connectivity index (χ2n) is 5.60. The van der Waals surface area contributed by atoms with Gasteiger partial charge in [0.15, 0.2) is 0 Å². The highest BCUT2D eigenvalue weighted by Crippen LogP contribution is 2.30. The Morgan fingerprint density at radius 3 is 2.71 bits per heavy atom. The van der Waals surface area contributed by atoms with Crippen LogP contribution in [0.2, 0.25) is 0 Å². The molecule has 17 heavy (non-hydrogen) atoms. The van der Waals surface area contributed by atoms with Crippen molar-refractivity contribution in [2.45, 2.75) is 45.2 Å². The summed E-state index contributed by atoms with van der Waals surface area (Å²) in [5, 5.41) is 0. The zero-order valence-electron chi connectivity index (χ0n) is 11.0. The van der Waals surface area contributed by atoms with Crippen LogP contribution >= 0.6 is 0 Å². The molecule has 4 nitrogen and oxygen atoms in total. The molecule has 1 atom stereocenters. The third-order valence-electron chi connectivity index (χ3n) is 3.71. The van der Waals surface area contributed by atoms with E-state index in [-0.39, 0.29) is 5.54 Å². The third-order valence-corrected chi connectivity index (χ3v) is 3.71. The smallest absolute Gasteiger partial charge is 0.0951 e. The van der Waals surface area contributed by atoms with Crippen LogP contribution in [0.3, 0.4) is 0 Å². The summed E-state index contributed by atoms with van der Waals surface area (Å²) < 4.78 is 7.65. The van der Waals surface area contributed by atoms with Crippen LogP contribution < -0.4 is 5.73 Å². The first-order chi connectivity index (χ1) is 8.00. The highest BCUT2D eigenvalue weighted by molar-refractivity contribution is 5.11. The van der Waals surface area contributed by atoms with Crippen molar-refractivity contribution in [2.75, 3.05) is 13.2 Å². The highest BCUT2D eigenvalue weighted by Gasteiger charge is 2.26. The van der Waals surface area contributed by atoms with Crippen LogP contribution in [0.1, 0.15) is 45.3 Å². The van der Waals surface area contributed by atoms with E-state index in [9.17, 15) is 0 Å². The number of ether oxygens (including phenoxy) is 1. The maximum Gasteiger partial charge on any atom is 0.0951 e. The first-order valence-electron chi connectivity index (χ1n) is 6.39. The summed E-state index contributed by atoms with van der Waals surface area (Å²) in [5.41, 5.74) is 6.95. The van der Waals surface area contributed by atoms with Crippen molar-refractivity contribution >= 4 is 0 Å². The second kappa shape index (κ2) is 4.78. The molecular formula is C13H23N3O. The molecule has 0 radical (unpaired) electrons. The predicted octanol–water partition coefficient (Wildman–Crippen LogP) is 2.06. The van der Waals surface area contributed by atoms with Gasteiger partial charge in [-0.2, -0.15) is 0 Å². The van der Waals surface area contributed by atoms with Gasteiger partial charge in [0.05, 0.1) is 17.6 Å². The van der Waals surface area contributed by atoms with Gasteiger partial charge in [0.1, 0.15) is 0 Å². The van der Waals surface area contributed by atoms with Gasteiger partial charge in [-0.1, -0.05) is 0 Å². The molecule has 0 aliphatic carbocycles. The molecule has 1 aliphatic rings. The standard InChI is InChI=1S/C13H23N3O/c1-10(11-4-6-17-7-5-11)16-9-15-8-12(16)13(2,3)14/h8-11H,4-7,14H2,1-3H3.